The number of nitrogens with one attached hydrogen (secondary N) is 2. The van der Waals surface area contributed by atoms with Crippen LogP contribution in [0.2, 0.25) is 0 Å². The van der Waals surface area contributed by atoms with Crippen LogP contribution in [0.25, 0.3) is 11.0 Å². The van der Waals surface area contributed by atoms with Crippen molar-refractivity contribution < 1.29 is 5.11 Å². The van der Waals surface area contributed by atoms with Crippen LogP contribution >= 0.6 is 0 Å². The maximum Gasteiger partial charge on any atom is 0.223 e. The van der Waals surface area contributed by atoms with E-state index in [1.165, 1.54) is 6.33 Å². The first-order chi connectivity index (χ1) is 11.6. The summed E-state index contributed by atoms with van der Waals surface area (Å²) in [5.74, 6) is 1.12. The molecule has 0 spiro atoms. The van der Waals surface area contributed by atoms with Crippen molar-refractivity contribution in [2.75, 3.05) is 17.2 Å². The van der Waals surface area contributed by atoms with E-state index in [0.29, 0.717) is 35.8 Å². The minimum Gasteiger partial charge on any atom is -0.393 e. The van der Waals surface area contributed by atoms with E-state index in [1.54, 1.807) is 13.1 Å². The van der Waals surface area contributed by atoms with Gasteiger partial charge in [0.05, 0.1) is 12.3 Å². The first kappa shape index (κ1) is 16.1. The zero-order valence-corrected chi connectivity index (χ0v) is 13.7. The molecule has 0 saturated carbocycles. The molecule has 1 atom stereocenters. The predicted molar refractivity (Wildman–Crippen MR) is 94.4 cm³/mol. The van der Waals surface area contributed by atoms with Crippen LogP contribution in [-0.4, -0.2) is 37.7 Å². The van der Waals surface area contributed by atoms with Crippen LogP contribution < -0.4 is 10.6 Å². The maximum atomic E-state index is 9.32. The minimum absolute atomic E-state index is 0.361. The van der Waals surface area contributed by atoms with Crippen LogP contribution in [0.3, 0.4) is 0 Å². The van der Waals surface area contributed by atoms with Crippen molar-refractivity contribution in [1.82, 2.24) is 19.9 Å². The number of hydrogen-bond donors (Lipinski definition) is 3. The van der Waals surface area contributed by atoms with Crippen molar-refractivity contribution >= 4 is 28.5 Å². The fraction of sp³-hybridized carbons (Fsp3) is 0.294. The van der Waals surface area contributed by atoms with Gasteiger partial charge >= 0.3 is 0 Å². The second kappa shape index (κ2) is 7.18. The van der Waals surface area contributed by atoms with Crippen LogP contribution in [0.1, 0.15) is 18.9 Å². The molecule has 0 aliphatic heterocycles. The second-order valence-corrected chi connectivity index (χ2v) is 5.71. The number of rotatable bonds is 6. The zero-order chi connectivity index (χ0) is 16.9. The molecule has 24 heavy (non-hydrogen) atoms. The summed E-state index contributed by atoms with van der Waals surface area (Å²) >= 11 is 0. The van der Waals surface area contributed by atoms with Gasteiger partial charge in [-0.05, 0) is 38.0 Å². The number of hydrogen-bond acceptors (Lipinski definition) is 7. The number of benzene rings is 1. The van der Waals surface area contributed by atoms with E-state index >= 15 is 0 Å². The van der Waals surface area contributed by atoms with E-state index in [9.17, 15) is 5.11 Å². The summed E-state index contributed by atoms with van der Waals surface area (Å²) in [4.78, 5) is 17.3. The third kappa shape index (κ3) is 3.94. The van der Waals surface area contributed by atoms with Gasteiger partial charge in [0, 0.05) is 12.2 Å². The lowest BCUT2D eigenvalue weighted by molar-refractivity contribution is 0.188. The molecule has 3 aromatic rings. The number of anilines is 3. The molecule has 0 aliphatic rings. The van der Waals surface area contributed by atoms with Crippen molar-refractivity contribution in [1.29, 1.82) is 0 Å². The Morgan fingerprint density at radius 2 is 2.08 bits per heavy atom. The number of fused-ring (bicyclic) bond motifs is 1. The molecule has 2 heterocycles. The molecule has 0 fully saturated rings. The number of aliphatic hydroxyl groups excluding tert-OH is 1. The lowest BCUT2D eigenvalue weighted by Crippen LogP contribution is -2.11. The lowest BCUT2D eigenvalue weighted by atomic mass is 10.2. The van der Waals surface area contributed by atoms with Gasteiger partial charge in [-0.15, -0.1) is 0 Å². The van der Waals surface area contributed by atoms with E-state index < -0.39 is 0 Å². The van der Waals surface area contributed by atoms with Crippen LogP contribution in [0.5, 0.6) is 0 Å². The summed E-state index contributed by atoms with van der Waals surface area (Å²) in [6, 6.07) is 8.04. The number of nitrogens with zero attached hydrogens (tertiary/aromatic N) is 4. The molecule has 0 aliphatic carbocycles. The maximum absolute atomic E-state index is 9.32. The van der Waals surface area contributed by atoms with E-state index in [2.05, 4.69) is 30.6 Å². The molecular weight excluding hydrogens is 304 g/mol. The van der Waals surface area contributed by atoms with Crippen molar-refractivity contribution in [3.63, 3.8) is 0 Å². The summed E-state index contributed by atoms with van der Waals surface area (Å²) in [5, 5.41) is 15.7. The highest BCUT2D eigenvalue weighted by Gasteiger charge is 2.08. The zero-order valence-electron chi connectivity index (χ0n) is 13.7. The van der Waals surface area contributed by atoms with Crippen LogP contribution in [-0.2, 0) is 0 Å². The smallest absolute Gasteiger partial charge is 0.223 e. The highest BCUT2D eigenvalue weighted by atomic mass is 16.3. The molecule has 124 valence electrons. The standard InChI is InChI=1S/C17H20N6O/c1-11-4-3-5-13(8-11)22-16-15-14(20-10-21-16)9-19-17(23-15)18-7-6-12(2)24/h3-5,8-10,12,24H,6-7H2,1-2H3,(H,18,19,23)(H,20,21,22). The summed E-state index contributed by atoms with van der Waals surface area (Å²) in [5.41, 5.74) is 3.42. The van der Waals surface area contributed by atoms with Gasteiger partial charge in [-0.1, -0.05) is 12.1 Å². The molecule has 3 N–H and O–H groups in total. The Kier molecular flexibility index (Phi) is 4.81. The normalized spacial score (nSPS) is 12.1. The van der Waals surface area contributed by atoms with Gasteiger partial charge in [0.25, 0.3) is 0 Å². The number of aryl methyl sites for hydroxylation is 1. The van der Waals surface area contributed by atoms with E-state index in [0.717, 1.165) is 11.3 Å². The van der Waals surface area contributed by atoms with Gasteiger partial charge in [0.1, 0.15) is 17.4 Å². The molecule has 0 bridgehead atoms. The molecule has 7 nitrogen and oxygen atoms in total. The van der Waals surface area contributed by atoms with Crippen molar-refractivity contribution in [2.45, 2.75) is 26.4 Å². The second-order valence-electron chi connectivity index (χ2n) is 5.71. The Morgan fingerprint density at radius 1 is 1.21 bits per heavy atom. The fourth-order valence-electron chi connectivity index (χ4n) is 2.28. The molecule has 1 unspecified atom stereocenters. The lowest BCUT2D eigenvalue weighted by Gasteiger charge is -2.10. The van der Waals surface area contributed by atoms with E-state index in [1.807, 2.05) is 31.2 Å². The SMILES string of the molecule is Cc1cccc(Nc2ncnc3cnc(NCCC(C)O)nc23)c1. The van der Waals surface area contributed by atoms with Crippen molar-refractivity contribution in [2.24, 2.45) is 0 Å². The van der Waals surface area contributed by atoms with Gasteiger partial charge in [-0.2, -0.15) is 0 Å². The summed E-state index contributed by atoms with van der Waals surface area (Å²) in [7, 11) is 0. The summed E-state index contributed by atoms with van der Waals surface area (Å²) in [6.45, 7) is 4.38. The molecule has 0 radical (unpaired) electrons. The summed E-state index contributed by atoms with van der Waals surface area (Å²) < 4.78 is 0. The monoisotopic (exact) mass is 324 g/mol. The Balaban J connectivity index is 1.87. The Morgan fingerprint density at radius 3 is 2.88 bits per heavy atom. The highest BCUT2D eigenvalue weighted by Crippen LogP contribution is 2.22. The summed E-state index contributed by atoms with van der Waals surface area (Å²) in [6.07, 6.45) is 3.42. The third-order valence-electron chi connectivity index (χ3n) is 3.50. The average Bonchev–Trinajstić information content (AvgIpc) is 2.55. The number of aromatic nitrogens is 4. The van der Waals surface area contributed by atoms with Crippen LogP contribution in [0.4, 0.5) is 17.5 Å². The van der Waals surface area contributed by atoms with Crippen molar-refractivity contribution in [3.05, 3.63) is 42.4 Å². The average molecular weight is 324 g/mol. The first-order valence-electron chi connectivity index (χ1n) is 7.85. The predicted octanol–water partition coefficient (Wildman–Crippen LogP) is 2.65. The molecule has 0 saturated heterocycles. The highest BCUT2D eigenvalue weighted by molar-refractivity contribution is 5.87. The molecule has 1 aromatic carbocycles. The van der Waals surface area contributed by atoms with Crippen LogP contribution in [0.15, 0.2) is 36.8 Å². The Hall–Kier alpha value is -2.80. The van der Waals surface area contributed by atoms with Gasteiger partial charge in [-0.25, -0.2) is 19.9 Å². The molecule has 0 amide bonds. The first-order valence-corrected chi connectivity index (χ1v) is 7.85. The third-order valence-corrected chi connectivity index (χ3v) is 3.50. The van der Waals surface area contributed by atoms with Crippen molar-refractivity contribution in [3.8, 4) is 0 Å². The molecule has 2 aromatic heterocycles. The van der Waals surface area contributed by atoms with Crippen LogP contribution in [0, 0.1) is 6.92 Å². The molecule has 7 heteroatoms. The minimum atomic E-state index is -0.361. The number of aliphatic hydroxyl groups is 1. The van der Waals surface area contributed by atoms with E-state index in [4.69, 9.17) is 0 Å². The van der Waals surface area contributed by atoms with E-state index in [-0.39, 0.29) is 6.10 Å². The fourth-order valence-corrected chi connectivity index (χ4v) is 2.28. The molecular formula is C17H20N6O. The van der Waals surface area contributed by atoms with Gasteiger partial charge in [0.2, 0.25) is 5.95 Å². The van der Waals surface area contributed by atoms with Gasteiger partial charge < -0.3 is 15.7 Å². The molecule has 3 rings (SSSR count). The Bertz CT molecular complexity index is 836. The van der Waals surface area contributed by atoms with Gasteiger partial charge in [-0.3, -0.25) is 0 Å². The van der Waals surface area contributed by atoms with Gasteiger partial charge in [0.15, 0.2) is 5.82 Å². The largest absolute Gasteiger partial charge is 0.393 e. The Labute approximate surface area is 140 Å². The quantitative estimate of drug-likeness (QED) is 0.641. The topological polar surface area (TPSA) is 95.9 Å².